The van der Waals surface area contributed by atoms with Crippen molar-refractivity contribution in [3.63, 3.8) is 0 Å². The van der Waals surface area contributed by atoms with Gasteiger partial charge in [-0.15, -0.1) is 11.3 Å². The Bertz CT molecular complexity index is 2790. The fourth-order valence-electron chi connectivity index (χ4n) is 9.98. The van der Waals surface area contributed by atoms with Crippen molar-refractivity contribution >= 4 is 43.0 Å². The highest BCUT2D eigenvalue weighted by Crippen LogP contribution is 2.51. The molecule has 0 saturated carbocycles. The lowest BCUT2D eigenvalue weighted by Gasteiger charge is -2.43. The first kappa shape index (κ1) is 34.5. The zero-order chi connectivity index (χ0) is 37.9. The molecule has 0 bridgehead atoms. The van der Waals surface area contributed by atoms with Crippen LogP contribution < -0.4 is 0 Å². The van der Waals surface area contributed by atoms with Gasteiger partial charge in [-0.2, -0.15) is 0 Å². The van der Waals surface area contributed by atoms with Gasteiger partial charge in [-0.05, 0) is 154 Å². The predicted octanol–water partition coefficient (Wildman–Crippen LogP) is 15.6. The molecule has 0 nitrogen and oxygen atoms in total. The highest BCUT2D eigenvalue weighted by Gasteiger charge is 2.38. The van der Waals surface area contributed by atoms with E-state index in [4.69, 9.17) is 0 Å². The normalized spacial score (nSPS) is 15.9. The molecule has 0 aliphatic heterocycles. The molecule has 272 valence electrons. The molecule has 0 unspecified atom stereocenters. The Hall–Kier alpha value is -4.98. The Labute approximate surface area is 330 Å². The van der Waals surface area contributed by atoms with Gasteiger partial charge in [0.2, 0.25) is 0 Å². The van der Waals surface area contributed by atoms with Gasteiger partial charge in [0.1, 0.15) is 0 Å². The van der Waals surface area contributed by atoms with E-state index in [1.807, 2.05) is 11.3 Å². The van der Waals surface area contributed by atoms with Crippen molar-refractivity contribution in [1.29, 1.82) is 0 Å². The maximum atomic E-state index is 2.52. The molecule has 55 heavy (non-hydrogen) atoms. The van der Waals surface area contributed by atoms with E-state index in [1.165, 1.54) is 111 Å². The summed E-state index contributed by atoms with van der Waals surface area (Å²) in [5.41, 5.74) is 17.3. The first-order chi connectivity index (χ1) is 26.4. The van der Waals surface area contributed by atoms with Gasteiger partial charge >= 0.3 is 0 Å². The standard InChI is InChI=1S/C54H50S/c1-52(2,3)38-26-25-36-31-48(55-47(36)32-38)50-42-15-10-8-13-40(42)49(41-14-9-11-16-43(41)50)37-24-22-34-20-19-33-21-23-35(29-44(33)45(34)30-37)39-17-12-18-46-51(39)54(6,7)28-27-53(46,4)5/h8-18,21-26,29-32H,19-20,27-28H2,1-7H3. The van der Waals surface area contributed by atoms with E-state index in [2.05, 4.69) is 176 Å². The minimum atomic E-state index is 0.117. The van der Waals surface area contributed by atoms with Crippen molar-refractivity contribution in [1.82, 2.24) is 0 Å². The first-order valence-electron chi connectivity index (χ1n) is 20.3. The maximum Gasteiger partial charge on any atom is 0.0367 e. The molecule has 1 heterocycles. The van der Waals surface area contributed by atoms with Crippen LogP contribution in [0.25, 0.3) is 75.5 Å². The van der Waals surface area contributed by atoms with E-state index in [0.29, 0.717) is 0 Å². The molecule has 0 saturated heterocycles. The first-order valence-corrected chi connectivity index (χ1v) is 21.1. The van der Waals surface area contributed by atoms with Crippen LogP contribution in [-0.4, -0.2) is 0 Å². The summed E-state index contributed by atoms with van der Waals surface area (Å²) in [5, 5.41) is 6.59. The van der Waals surface area contributed by atoms with Gasteiger partial charge < -0.3 is 0 Å². The lowest BCUT2D eigenvalue weighted by atomic mass is 9.61. The van der Waals surface area contributed by atoms with Crippen LogP contribution in [0.5, 0.6) is 0 Å². The van der Waals surface area contributed by atoms with Gasteiger partial charge in [0, 0.05) is 15.1 Å². The Morgan fingerprint density at radius 2 is 1.09 bits per heavy atom. The summed E-state index contributed by atoms with van der Waals surface area (Å²) in [6.45, 7) is 16.7. The molecule has 7 aromatic carbocycles. The summed E-state index contributed by atoms with van der Waals surface area (Å²) in [7, 11) is 0. The second-order valence-corrected chi connectivity index (χ2v) is 19.8. The zero-order valence-electron chi connectivity index (χ0n) is 33.4. The molecule has 0 amide bonds. The molecule has 0 spiro atoms. The number of fused-ring (bicyclic) bond motifs is 7. The van der Waals surface area contributed by atoms with Crippen molar-refractivity contribution in [2.45, 2.75) is 90.4 Å². The van der Waals surface area contributed by atoms with Crippen LogP contribution >= 0.6 is 11.3 Å². The van der Waals surface area contributed by atoms with E-state index in [9.17, 15) is 0 Å². The average molecular weight is 731 g/mol. The van der Waals surface area contributed by atoms with Crippen LogP contribution in [0, 0.1) is 0 Å². The van der Waals surface area contributed by atoms with E-state index in [-0.39, 0.29) is 16.2 Å². The highest BCUT2D eigenvalue weighted by molar-refractivity contribution is 7.22. The van der Waals surface area contributed by atoms with Crippen molar-refractivity contribution in [2.24, 2.45) is 0 Å². The lowest BCUT2D eigenvalue weighted by molar-refractivity contribution is 0.333. The van der Waals surface area contributed by atoms with Crippen LogP contribution in [0.3, 0.4) is 0 Å². The summed E-state index contributed by atoms with van der Waals surface area (Å²) in [5.74, 6) is 0. The van der Waals surface area contributed by atoms with Crippen molar-refractivity contribution in [3.05, 3.63) is 155 Å². The molecule has 1 aromatic heterocycles. The molecule has 1 heteroatoms. The molecular formula is C54H50S. The Morgan fingerprint density at radius 3 is 1.73 bits per heavy atom. The van der Waals surface area contributed by atoms with Crippen LogP contribution in [0.1, 0.15) is 89.1 Å². The van der Waals surface area contributed by atoms with Crippen molar-refractivity contribution < 1.29 is 0 Å². The number of thiophene rings is 1. The topological polar surface area (TPSA) is 0 Å². The van der Waals surface area contributed by atoms with Gasteiger partial charge in [-0.25, -0.2) is 0 Å². The molecule has 10 rings (SSSR count). The molecule has 2 aliphatic rings. The Kier molecular flexibility index (Phi) is 7.69. The SMILES string of the molecule is CC(C)(C)c1ccc2cc(-c3c4ccccc4c(-c4ccc5c(c4)-c4cc(-c6cccc7c6C(C)(C)CCC7(C)C)ccc4CC5)c4ccccc34)sc2c1. The summed E-state index contributed by atoms with van der Waals surface area (Å²) in [6, 6.07) is 49.4. The quantitative estimate of drug-likeness (QED) is 0.159. The third-order valence-electron chi connectivity index (χ3n) is 13.2. The summed E-state index contributed by atoms with van der Waals surface area (Å²) >= 11 is 1.93. The Morgan fingerprint density at radius 1 is 0.509 bits per heavy atom. The van der Waals surface area contributed by atoms with Crippen LogP contribution in [0.4, 0.5) is 0 Å². The van der Waals surface area contributed by atoms with Gasteiger partial charge in [0.25, 0.3) is 0 Å². The van der Waals surface area contributed by atoms with E-state index >= 15 is 0 Å². The number of benzene rings is 7. The third kappa shape index (κ3) is 5.53. The highest BCUT2D eigenvalue weighted by atomic mass is 32.1. The van der Waals surface area contributed by atoms with Gasteiger partial charge in [0.15, 0.2) is 0 Å². The third-order valence-corrected chi connectivity index (χ3v) is 14.3. The van der Waals surface area contributed by atoms with Gasteiger partial charge in [-0.3, -0.25) is 0 Å². The monoisotopic (exact) mass is 730 g/mol. The summed E-state index contributed by atoms with van der Waals surface area (Å²) in [6.07, 6.45) is 4.60. The Balaban J connectivity index is 1.16. The fraction of sp³-hybridized carbons (Fsp3) is 0.259. The van der Waals surface area contributed by atoms with Gasteiger partial charge in [-0.1, -0.05) is 152 Å². The number of hydrogen-bond donors (Lipinski definition) is 0. The van der Waals surface area contributed by atoms with Crippen molar-refractivity contribution in [2.75, 3.05) is 0 Å². The summed E-state index contributed by atoms with van der Waals surface area (Å²) < 4.78 is 1.36. The minimum absolute atomic E-state index is 0.117. The molecule has 0 radical (unpaired) electrons. The van der Waals surface area contributed by atoms with E-state index in [0.717, 1.165) is 12.8 Å². The molecule has 0 atom stereocenters. The zero-order valence-corrected chi connectivity index (χ0v) is 34.2. The second kappa shape index (κ2) is 12.3. The second-order valence-electron chi connectivity index (χ2n) is 18.7. The molecule has 0 N–H and O–H groups in total. The lowest BCUT2D eigenvalue weighted by Crippen LogP contribution is -2.34. The molecule has 2 aliphatic carbocycles. The van der Waals surface area contributed by atoms with Crippen LogP contribution in [-0.2, 0) is 29.1 Å². The summed E-state index contributed by atoms with van der Waals surface area (Å²) in [4.78, 5) is 1.33. The number of aryl methyl sites for hydroxylation is 2. The number of rotatable bonds is 3. The van der Waals surface area contributed by atoms with E-state index < -0.39 is 0 Å². The maximum absolute atomic E-state index is 2.52. The molecular weight excluding hydrogens is 681 g/mol. The average Bonchev–Trinajstić information content (AvgIpc) is 3.61. The van der Waals surface area contributed by atoms with Crippen molar-refractivity contribution in [3.8, 4) is 43.8 Å². The molecule has 8 aromatic rings. The van der Waals surface area contributed by atoms with Crippen LogP contribution in [0.2, 0.25) is 0 Å². The predicted molar refractivity (Wildman–Crippen MR) is 240 cm³/mol. The van der Waals surface area contributed by atoms with E-state index in [1.54, 1.807) is 5.56 Å². The minimum Gasteiger partial charge on any atom is -0.135 e. The molecule has 0 fully saturated rings. The van der Waals surface area contributed by atoms with Crippen LogP contribution in [0.15, 0.2) is 127 Å². The largest absolute Gasteiger partial charge is 0.135 e. The van der Waals surface area contributed by atoms with Gasteiger partial charge in [0.05, 0.1) is 0 Å². The fourth-order valence-corrected chi connectivity index (χ4v) is 11.2. The smallest absolute Gasteiger partial charge is 0.0367 e. The number of hydrogen-bond acceptors (Lipinski definition) is 1.